The molecule has 0 heterocycles. The highest BCUT2D eigenvalue weighted by atomic mass is 127. The predicted molar refractivity (Wildman–Crippen MR) is 100 cm³/mol. The van der Waals surface area contributed by atoms with Crippen LogP contribution in [0.2, 0.25) is 0 Å². The van der Waals surface area contributed by atoms with Gasteiger partial charge < -0.3 is 5.11 Å². The van der Waals surface area contributed by atoms with Crippen molar-refractivity contribution in [2.24, 2.45) is 0 Å². The van der Waals surface area contributed by atoms with E-state index < -0.39 is 16.0 Å². The minimum absolute atomic E-state index is 0.116. The maximum atomic E-state index is 12.9. The van der Waals surface area contributed by atoms with E-state index in [9.17, 15) is 13.2 Å². The number of rotatable bonds is 6. The van der Waals surface area contributed by atoms with Gasteiger partial charge in [0.05, 0.1) is 17.0 Å². The predicted octanol–water partition coefficient (Wildman–Crippen LogP) is 3.72. The zero-order valence-electron chi connectivity index (χ0n) is 11.8. The molecule has 0 atom stereocenters. The summed E-state index contributed by atoms with van der Waals surface area (Å²) in [6.45, 7) is -0.131. The first-order chi connectivity index (χ1) is 10.8. The first-order valence-corrected chi connectivity index (χ1v) is 9.87. The number of nitrogens with zero attached hydrogens (tertiary/aromatic N) is 1. The first-order valence-electron chi connectivity index (χ1n) is 6.56. The third-order valence-electron chi connectivity index (χ3n) is 3.03. The van der Waals surface area contributed by atoms with E-state index in [2.05, 4.69) is 38.5 Å². The Morgan fingerprint density at radius 2 is 1.83 bits per heavy atom. The van der Waals surface area contributed by atoms with Gasteiger partial charge in [0.2, 0.25) is 0 Å². The minimum Gasteiger partial charge on any atom is -0.481 e. The van der Waals surface area contributed by atoms with Gasteiger partial charge in [-0.15, -0.1) is 0 Å². The third kappa shape index (κ3) is 4.67. The van der Waals surface area contributed by atoms with Gasteiger partial charge in [-0.2, -0.15) is 0 Å². The smallest absolute Gasteiger partial charge is 0.305 e. The zero-order valence-corrected chi connectivity index (χ0v) is 16.4. The monoisotopic (exact) mass is 509 g/mol. The van der Waals surface area contributed by atoms with Crippen LogP contribution in [0.25, 0.3) is 0 Å². The number of hydrogen-bond donors (Lipinski definition) is 1. The molecule has 0 aromatic heterocycles. The molecule has 0 aliphatic carbocycles. The van der Waals surface area contributed by atoms with E-state index in [-0.39, 0.29) is 17.9 Å². The van der Waals surface area contributed by atoms with Crippen LogP contribution in [0.5, 0.6) is 0 Å². The molecule has 0 aliphatic heterocycles. The molecule has 122 valence electrons. The van der Waals surface area contributed by atoms with E-state index in [4.69, 9.17) is 5.11 Å². The molecule has 23 heavy (non-hydrogen) atoms. The Balaban J connectivity index is 2.47. The third-order valence-corrected chi connectivity index (χ3v) is 6.07. The van der Waals surface area contributed by atoms with E-state index in [0.717, 1.165) is 12.3 Å². The van der Waals surface area contributed by atoms with Gasteiger partial charge in [-0.1, -0.05) is 22.0 Å². The lowest BCUT2D eigenvalue weighted by molar-refractivity contribution is -0.136. The summed E-state index contributed by atoms with van der Waals surface area (Å²) in [4.78, 5) is 11.0. The minimum atomic E-state index is -3.84. The van der Waals surface area contributed by atoms with Crippen LogP contribution in [0.3, 0.4) is 0 Å². The van der Waals surface area contributed by atoms with Crippen LogP contribution in [0, 0.1) is 3.57 Å². The van der Waals surface area contributed by atoms with Gasteiger partial charge in [-0.05, 0) is 65.1 Å². The lowest BCUT2D eigenvalue weighted by atomic mass is 10.3. The largest absolute Gasteiger partial charge is 0.481 e. The molecule has 0 bridgehead atoms. The molecule has 0 radical (unpaired) electrons. The van der Waals surface area contributed by atoms with Gasteiger partial charge in [0.25, 0.3) is 10.0 Å². The number of benzene rings is 2. The Morgan fingerprint density at radius 1 is 1.17 bits per heavy atom. The van der Waals surface area contributed by atoms with Gasteiger partial charge in [-0.3, -0.25) is 9.10 Å². The van der Waals surface area contributed by atoms with E-state index >= 15 is 0 Å². The van der Waals surface area contributed by atoms with Crippen LogP contribution in [0.4, 0.5) is 5.69 Å². The average molecular weight is 510 g/mol. The Bertz CT molecular complexity index is 808. The number of halogens is 2. The van der Waals surface area contributed by atoms with Crippen molar-refractivity contribution in [2.45, 2.75) is 11.3 Å². The summed E-state index contributed by atoms with van der Waals surface area (Å²) in [5.41, 5.74) is 0.445. The number of carboxylic acid groups (broad SMARTS) is 1. The summed E-state index contributed by atoms with van der Waals surface area (Å²) < 4.78 is 28.5. The molecule has 0 amide bonds. The van der Waals surface area contributed by atoms with Crippen molar-refractivity contribution in [1.29, 1.82) is 0 Å². The highest BCUT2D eigenvalue weighted by Gasteiger charge is 2.25. The number of carbonyl (C=O) groups is 1. The highest BCUT2D eigenvalue weighted by molar-refractivity contribution is 14.1. The fraction of sp³-hybridized carbons (Fsp3) is 0.133. The summed E-state index contributed by atoms with van der Waals surface area (Å²) in [7, 11) is -3.84. The molecule has 1 N–H and O–H groups in total. The second-order valence-corrected chi connectivity index (χ2v) is 8.68. The van der Waals surface area contributed by atoms with E-state index in [1.807, 2.05) is 6.07 Å². The van der Waals surface area contributed by atoms with Gasteiger partial charge in [-0.25, -0.2) is 8.42 Å². The average Bonchev–Trinajstić information content (AvgIpc) is 2.47. The van der Waals surface area contributed by atoms with Crippen LogP contribution in [-0.4, -0.2) is 26.0 Å². The molecular weight excluding hydrogens is 497 g/mol. The summed E-state index contributed by atoms with van der Waals surface area (Å²) in [5, 5.41) is 8.91. The molecular formula is C15H13BrINO4S. The number of sulfonamides is 1. The molecule has 2 rings (SSSR count). The molecule has 8 heteroatoms. The van der Waals surface area contributed by atoms with Crippen LogP contribution in [0.1, 0.15) is 6.42 Å². The van der Waals surface area contributed by atoms with Crippen molar-refractivity contribution in [1.82, 2.24) is 0 Å². The lowest BCUT2D eigenvalue weighted by Crippen LogP contribution is -2.33. The van der Waals surface area contributed by atoms with Crippen molar-refractivity contribution in [2.75, 3.05) is 10.8 Å². The second kappa shape index (κ2) is 7.63. The number of anilines is 1. The van der Waals surface area contributed by atoms with Crippen molar-refractivity contribution >= 4 is 60.2 Å². The van der Waals surface area contributed by atoms with E-state index in [1.54, 1.807) is 30.3 Å². The molecule has 5 nitrogen and oxygen atoms in total. The number of aliphatic carboxylic acids is 1. The quantitative estimate of drug-likeness (QED) is 0.602. The van der Waals surface area contributed by atoms with E-state index in [1.165, 1.54) is 12.1 Å². The van der Waals surface area contributed by atoms with Crippen LogP contribution >= 0.6 is 38.5 Å². The summed E-state index contributed by atoms with van der Waals surface area (Å²) in [6.07, 6.45) is -0.277. The Kier molecular flexibility index (Phi) is 6.04. The molecule has 0 saturated heterocycles. The van der Waals surface area contributed by atoms with Crippen molar-refractivity contribution in [3.8, 4) is 0 Å². The molecule has 0 spiro atoms. The van der Waals surface area contributed by atoms with Crippen molar-refractivity contribution in [3.63, 3.8) is 0 Å². The summed E-state index contributed by atoms with van der Waals surface area (Å²) >= 11 is 5.35. The lowest BCUT2D eigenvalue weighted by Gasteiger charge is -2.24. The van der Waals surface area contributed by atoms with Crippen molar-refractivity contribution < 1.29 is 18.3 Å². The Labute approximate surface area is 156 Å². The molecule has 0 saturated carbocycles. The number of carboxylic acids is 1. The molecule has 0 fully saturated rings. The van der Waals surface area contributed by atoms with E-state index in [0.29, 0.717) is 5.69 Å². The maximum absolute atomic E-state index is 12.9. The molecule has 2 aromatic rings. The standard InChI is InChI=1S/C15H13BrINO4S/c16-11-4-6-14(7-5-11)23(21,22)18(9-8-15(19)20)13-3-1-2-12(17)10-13/h1-7,10H,8-9H2,(H,19,20). The zero-order chi connectivity index (χ0) is 17.0. The normalized spacial score (nSPS) is 11.2. The summed E-state index contributed by atoms with van der Waals surface area (Å²) in [6, 6.07) is 13.2. The SMILES string of the molecule is O=C(O)CCN(c1cccc(I)c1)S(=O)(=O)c1ccc(Br)cc1. The van der Waals surface area contributed by atoms with Gasteiger partial charge in [0, 0.05) is 14.6 Å². The van der Waals surface area contributed by atoms with Crippen LogP contribution < -0.4 is 4.31 Å². The van der Waals surface area contributed by atoms with Gasteiger partial charge in [0.15, 0.2) is 0 Å². The highest BCUT2D eigenvalue weighted by Crippen LogP contribution is 2.26. The molecule has 2 aromatic carbocycles. The second-order valence-electron chi connectivity index (χ2n) is 4.65. The fourth-order valence-corrected chi connectivity index (χ4v) is 4.20. The molecule has 0 aliphatic rings. The van der Waals surface area contributed by atoms with Crippen molar-refractivity contribution in [3.05, 3.63) is 56.6 Å². The molecule has 0 unspecified atom stereocenters. The van der Waals surface area contributed by atoms with Crippen LogP contribution in [0.15, 0.2) is 57.9 Å². The number of hydrogen-bond acceptors (Lipinski definition) is 3. The topological polar surface area (TPSA) is 74.7 Å². The van der Waals surface area contributed by atoms with Gasteiger partial charge in [0.1, 0.15) is 0 Å². The summed E-state index contributed by atoms with van der Waals surface area (Å²) in [5.74, 6) is -1.05. The Morgan fingerprint density at radius 3 is 2.39 bits per heavy atom. The maximum Gasteiger partial charge on any atom is 0.305 e. The Hall–Kier alpha value is -1.13. The first kappa shape index (κ1) is 18.2. The fourth-order valence-electron chi connectivity index (χ4n) is 1.95. The van der Waals surface area contributed by atoms with Gasteiger partial charge >= 0.3 is 5.97 Å². The van der Waals surface area contributed by atoms with Crippen LogP contribution in [-0.2, 0) is 14.8 Å².